The molecule has 0 aliphatic heterocycles. The van der Waals surface area contributed by atoms with Crippen LogP contribution in [0, 0.1) is 23.7 Å². The lowest BCUT2D eigenvalue weighted by atomic mass is 9.94. The van der Waals surface area contributed by atoms with Crippen molar-refractivity contribution in [3.63, 3.8) is 0 Å². The van der Waals surface area contributed by atoms with Gasteiger partial charge in [0.15, 0.2) is 0 Å². The minimum absolute atomic E-state index is 0.0835. The van der Waals surface area contributed by atoms with Crippen LogP contribution in [0.1, 0.15) is 52.9 Å². The fourth-order valence-corrected chi connectivity index (χ4v) is 3.52. The maximum absolute atomic E-state index is 12.8. The summed E-state index contributed by atoms with van der Waals surface area (Å²) in [7, 11) is 0. The van der Waals surface area contributed by atoms with Gasteiger partial charge in [0.2, 0.25) is 0 Å². The van der Waals surface area contributed by atoms with Crippen LogP contribution in [0.2, 0.25) is 0 Å². The zero-order chi connectivity index (χ0) is 15.5. The second-order valence-corrected chi connectivity index (χ2v) is 7.84. The molecule has 0 saturated heterocycles. The van der Waals surface area contributed by atoms with E-state index in [9.17, 15) is 8.78 Å². The van der Waals surface area contributed by atoms with Gasteiger partial charge in [0.1, 0.15) is 0 Å². The van der Waals surface area contributed by atoms with E-state index in [-0.39, 0.29) is 6.42 Å². The molecular weight excluding hydrogens is 270 g/mol. The standard InChI is InChI=1S/C17H32F2N2/c1-12(2)9-21-16-5-4-14(7-16)6-13(3)10-20-11-15-8-17(15,18)19/h12-16,20-21H,4-11H2,1-3H3. The topological polar surface area (TPSA) is 24.1 Å². The van der Waals surface area contributed by atoms with Crippen molar-refractivity contribution in [1.82, 2.24) is 10.6 Å². The maximum atomic E-state index is 12.8. The molecule has 2 rings (SSSR count). The first kappa shape index (κ1) is 17.1. The van der Waals surface area contributed by atoms with Crippen LogP contribution in [-0.4, -0.2) is 31.6 Å². The van der Waals surface area contributed by atoms with Crippen LogP contribution in [0.25, 0.3) is 0 Å². The molecule has 124 valence electrons. The normalized spacial score (nSPS) is 32.6. The molecule has 2 aliphatic carbocycles. The van der Waals surface area contributed by atoms with Gasteiger partial charge in [-0.2, -0.15) is 0 Å². The van der Waals surface area contributed by atoms with Crippen LogP contribution >= 0.6 is 0 Å². The summed E-state index contributed by atoms with van der Waals surface area (Å²) in [5.41, 5.74) is 0. The van der Waals surface area contributed by atoms with E-state index in [0.29, 0.717) is 24.4 Å². The fraction of sp³-hybridized carbons (Fsp3) is 1.00. The Kier molecular flexibility index (Phi) is 6.01. The van der Waals surface area contributed by atoms with Crippen molar-refractivity contribution in [2.75, 3.05) is 19.6 Å². The highest BCUT2D eigenvalue weighted by Gasteiger charge is 2.56. The first-order valence-electron chi connectivity index (χ1n) is 8.68. The molecule has 2 aliphatic rings. The summed E-state index contributed by atoms with van der Waals surface area (Å²) in [4.78, 5) is 0. The second kappa shape index (κ2) is 7.36. The minimum Gasteiger partial charge on any atom is -0.316 e. The lowest BCUT2D eigenvalue weighted by Crippen LogP contribution is -2.30. The predicted octanol–water partition coefficient (Wildman–Crippen LogP) is 3.67. The highest BCUT2D eigenvalue weighted by molar-refractivity contribution is 4.96. The highest BCUT2D eigenvalue weighted by atomic mass is 19.3. The zero-order valence-electron chi connectivity index (χ0n) is 13.8. The highest BCUT2D eigenvalue weighted by Crippen LogP contribution is 2.47. The number of rotatable bonds is 9. The summed E-state index contributed by atoms with van der Waals surface area (Å²) in [6.45, 7) is 9.22. The van der Waals surface area contributed by atoms with Crippen LogP contribution < -0.4 is 10.6 Å². The third-order valence-electron chi connectivity index (χ3n) is 4.93. The Bertz CT molecular complexity index is 320. The average Bonchev–Trinajstić information content (AvgIpc) is 2.81. The molecule has 0 aromatic rings. The van der Waals surface area contributed by atoms with E-state index in [2.05, 4.69) is 31.4 Å². The molecule has 2 N–H and O–H groups in total. The van der Waals surface area contributed by atoms with Crippen LogP contribution in [-0.2, 0) is 0 Å². The number of alkyl halides is 2. The van der Waals surface area contributed by atoms with E-state index < -0.39 is 11.8 Å². The van der Waals surface area contributed by atoms with Crippen molar-refractivity contribution >= 4 is 0 Å². The molecule has 0 amide bonds. The van der Waals surface area contributed by atoms with Crippen molar-refractivity contribution in [3.05, 3.63) is 0 Å². The lowest BCUT2D eigenvalue weighted by Gasteiger charge is -2.18. The molecule has 2 fully saturated rings. The van der Waals surface area contributed by atoms with E-state index >= 15 is 0 Å². The summed E-state index contributed by atoms with van der Waals surface area (Å²) in [6.07, 6.45) is 5.22. The van der Waals surface area contributed by atoms with Crippen molar-refractivity contribution in [1.29, 1.82) is 0 Å². The van der Waals surface area contributed by atoms with Gasteiger partial charge in [-0.15, -0.1) is 0 Å². The van der Waals surface area contributed by atoms with E-state index in [1.54, 1.807) is 0 Å². The van der Waals surface area contributed by atoms with Crippen molar-refractivity contribution in [3.8, 4) is 0 Å². The first-order valence-corrected chi connectivity index (χ1v) is 8.68. The van der Waals surface area contributed by atoms with Gasteiger partial charge in [0.25, 0.3) is 5.92 Å². The van der Waals surface area contributed by atoms with Gasteiger partial charge in [0, 0.05) is 24.9 Å². The largest absolute Gasteiger partial charge is 0.316 e. The van der Waals surface area contributed by atoms with Crippen molar-refractivity contribution in [2.24, 2.45) is 23.7 Å². The Morgan fingerprint density at radius 3 is 2.48 bits per heavy atom. The van der Waals surface area contributed by atoms with E-state index in [0.717, 1.165) is 19.0 Å². The number of halogens is 2. The third-order valence-corrected chi connectivity index (χ3v) is 4.93. The molecule has 2 saturated carbocycles. The molecule has 0 spiro atoms. The van der Waals surface area contributed by atoms with Crippen molar-refractivity contribution in [2.45, 2.75) is 64.8 Å². The van der Waals surface area contributed by atoms with Crippen LogP contribution in [0.5, 0.6) is 0 Å². The molecule has 0 bridgehead atoms. The number of nitrogens with one attached hydrogen (secondary N) is 2. The summed E-state index contributed by atoms with van der Waals surface area (Å²) in [6, 6.07) is 0.697. The predicted molar refractivity (Wildman–Crippen MR) is 83.7 cm³/mol. The summed E-state index contributed by atoms with van der Waals surface area (Å²) >= 11 is 0. The monoisotopic (exact) mass is 302 g/mol. The Labute approximate surface area is 128 Å². The smallest absolute Gasteiger partial charge is 0.252 e. The van der Waals surface area contributed by atoms with Crippen LogP contribution in [0.3, 0.4) is 0 Å². The van der Waals surface area contributed by atoms with Gasteiger partial charge < -0.3 is 10.6 Å². The number of hydrogen-bond donors (Lipinski definition) is 2. The molecule has 21 heavy (non-hydrogen) atoms. The average molecular weight is 302 g/mol. The number of hydrogen-bond acceptors (Lipinski definition) is 2. The molecule has 4 heteroatoms. The molecule has 0 radical (unpaired) electrons. The maximum Gasteiger partial charge on any atom is 0.252 e. The second-order valence-electron chi connectivity index (χ2n) is 7.84. The Hall–Kier alpha value is -0.220. The zero-order valence-corrected chi connectivity index (χ0v) is 13.8. The van der Waals surface area contributed by atoms with E-state index in [1.807, 2.05) is 0 Å². The molecule has 4 unspecified atom stereocenters. The summed E-state index contributed by atoms with van der Waals surface area (Å²) in [5.74, 6) is -0.662. The van der Waals surface area contributed by atoms with Crippen molar-refractivity contribution < 1.29 is 8.78 Å². The van der Waals surface area contributed by atoms with Gasteiger partial charge in [-0.3, -0.25) is 0 Å². The third kappa shape index (κ3) is 5.82. The van der Waals surface area contributed by atoms with Crippen LogP contribution in [0.4, 0.5) is 8.78 Å². The van der Waals surface area contributed by atoms with Gasteiger partial charge >= 0.3 is 0 Å². The molecule has 0 heterocycles. The van der Waals surface area contributed by atoms with E-state index in [1.165, 1.54) is 25.7 Å². The summed E-state index contributed by atoms with van der Waals surface area (Å²) < 4.78 is 25.5. The van der Waals surface area contributed by atoms with Gasteiger partial charge in [-0.1, -0.05) is 20.8 Å². The Balaban J connectivity index is 1.53. The minimum atomic E-state index is -2.38. The Morgan fingerprint density at radius 2 is 1.86 bits per heavy atom. The molecule has 4 atom stereocenters. The molecule has 0 aromatic carbocycles. The summed E-state index contributed by atoms with van der Waals surface area (Å²) in [5, 5.41) is 6.89. The molecular formula is C17H32F2N2. The first-order chi connectivity index (χ1) is 9.87. The van der Waals surface area contributed by atoms with Crippen LogP contribution in [0.15, 0.2) is 0 Å². The van der Waals surface area contributed by atoms with Gasteiger partial charge in [0.05, 0.1) is 0 Å². The van der Waals surface area contributed by atoms with E-state index in [4.69, 9.17) is 0 Å². The Morgan fingerprint density at radius 1 is 1.14 bits per heavy atom. The lowest BCUT2D eigenvalue weighted by molar-refractivity contribution is 0.0984. The molecule has 0 aromatic heterocycles. The quantitative estimate of drug-likeness (QED) is 0.679. The molecule has 2 nitrogen and oxygen atoms in total. The SMILES string of the molecule is CC(C)CNC1CCC(CC(C)CNCC2CC2(F)F)C1. The van der Waals surface area contributed by atoms with Gasteiger partial charge in [-0.05, 0) is 56.5 Å². The fourth-order valence-electron chi connectivity index (χ4n) is 3.52. The van der Waals surface area contributed by atoms with Gasteiger partial charge in [-0.25, -0.2) is 8.78 Å².